The predicted molar refractivity (Wildman–Crippen MR) is 114 cm³/mol. The molecule has 34 heavy (non-hydrogen) atoms. The number of alkyl halides is 4. The molecule has 0 aromatic carbocycles. The first-order chi connectivity index (χ1) is 15.5. The normalized spacial score (nSPS) is 45.2. The van der Waals surface area contributed by atoms with E-state index in [9.17, 15) is 27.9 Å². The highest BCUT2D eigenvalue weighted by Crippen LogP contribution is 2.72. The summed E-state index contributed by atoms with van der Waals surface area (Å²) in [5.74, 6) is -10.6. The third kappa shape index (κ3) is 4.46. The van der Waals surface area contributed by atoms with Crippen LogP contribution in [0.25, 0.3) is 0 Å². The fourth-order valence-electron chi connectivity index (χ4n) is 8.44. The molecule has 0 spiro atoms. The van der Waals surface area contributed by atoms with Gasteiger partial charge in [-0.15, -0.1) is 0 Å². The summed E-state index contributed by atoms with van der Waals surface area (Å²) in [5.41, 5.74) is -1.75. The third-order valence-corrected chi connectivity index (χ3v) is 10.6. The Morgan fingerprint density at radius 2 is 1.74 bits per heavy atom. The molecule has 4 rings (SSSR count). The van der Waals surface area contributed by atoms with Gasteiger partial charge < -0.3 is 14.9 Å². The topological polar surface area (TPSA) is 104 Å². The Labute approximate surface area is 197 Å². The molecule has 8 unspecified atom stereocenters. The lowest BCUT2D eigenvalue weighted by molar-refractivity contribution is -0.264. The van der Waals surface area contributed by atoms with Crippen LogP contribution in [0.4, 0.5) is 17.6 Å². The van der Waals surface area contributed by atoms with Crippen LogP contribution >= 0.6 is 7.82 Å². The Hall–Kier alpha value is -0.700. The lowest BCUT2D eigenvalue weighted by atomic mass is 9.43. The fraction of sp³-hybridized carbons (Fsp3) is 0.957. The van der Waals surface area contributed by atoms with Crippen LogP contribution in [0, 0.1) is 40.4 Å². The molecular weight excluding hydrogens is 479 g/mol. The second-order valence-electron chi connectivity index (χ2n) is 11.7. The summed E-state index contributed by atoms with van der Waals surface area (Å²) in [6.07, 6.45) is -0.835. The predicted octanol–water partition coefficient (Wildman–Crippen LogP) is 5.87. The average molecular weight is 514 g/mol. The fourth-order valence-corrected chi connectivity index (χ4v) is 9.09. The van der Waals surface area contributed by atoms with Gasteiger partial charge in [-0.25, -0.2) is 22.1 Å². The monoisotopic (exact) mass is 514 g/mol. The average Bonchev–Trinajstić information content (AvgIpc) is 2.99. The zero-order valence-corrected chi connectivity index (χ0v) is 20.5. The number of fused-ring (bicyclic) bond motifs is 5. The Balaban J connectivity index is 1.72. The van der Waals surface area contributed by atoms with Crippen molar-refractivity contribution in [2.45, 2.75) is 96.0 Å². The van der Waals surface area contributed by atoms with Gasteiger partial charge >= 0.3 is 13.8 Å². The molecule has 8 atom stereocenters. The van der Waals surface area contributed by atoms with E-state index in [0.717, 1.165) is 0 Å². The highest BCUT2D eigenvalue weighted by molar-refractivity contribution is 7.46. The second kappa shape index (κ2) is 8.42. The van der Waals surface area contributed by atoms with Gasteiger partial charge in [-0.2, -0.15) is 0 Å². The van der Waals surface area contributed by atoms with Crippen LogP contribution in [0.2, 0.25) is 0 Å². The molecule has 0 saturated heterocycles. The van der Waals surface area contributed by atoms with E-state index in [2.05, 4.69) is 0 Å². The van der Waals surface area contributed by atoms with Crippen LogP contribution in [0.5, 0.6) is 0 Å². The van der Waals surface area contributed by atoms with Crippen molar-refractivity contribution in [3.05, 3.63) is 0 Å². The van der Waals surface area contributed by atoms with Crippen molar-refractivity contribution in [3.8, 4) is 0 Å². The number of carboxylic acid groups (broad SMARTS) is 1. The van der Waals surface area contributed by atoms with E-state index in [0.29, 0.717) is 25.7 Å². The maximum atomic E-state index is 15.8. The molecule has 0 bridgehead atoms. The largest absolute Gasteiger partial charge is 0.481 e. The van der Waals surface area contributed by atoms with Crippen LogP contribution in [0.3, 0.4) is 0 Å². The van der Waals surface area contributed by atoms with Gasteiger partial charge in [-0.05, 0) is 67.6 Å². The summed E-state index contributed by atoms with van der Waals surface area (Å²) in [6, 6.07) is 0. The Morgan fingerprint density at radius 3 is 2.35 bits per heavy atom. The summed E-state index contributed by atoms with van der Waals surface area (Å²) in [5, 5.41) is 9.01. The Kier molecular flexibility index (Phi) is 6.53. The number of halogens is 4. The number of carbonyl (C=O) groups is 1. The molecule has 4 saturated carbocycles. The van der Waals surface area contributed by atoms with E-state index in [1.54, 1.807) is 13.8 Å². The molecule has 196 valence electrons. The Morgan fingerprint density at radius 1 is 1.06 bits per heavy atom. The maximum absolute atomic E-state index is 15.8. The van der Waals surface area contributed by atoms with Gasteiger partial charge in [0.15, 0.2) is 0 Å². The third-order valence-electron chi connectivity index (χ3n) is 10.1. The number of carboxylic acids is 1. The van der Waals surface area contributed by atoms with Crippen molar-refractivity contribution in [2.24, 2.45) is 40.4 Å². The molecule has 3 N–H and O–H groups in total. The first-order valence-electron chi connectivity index (χ1n) is 12.2. The van der Waals surface area contributed by atoms with E-state index >= 15 is 8.78 Å². The SMILES string of the molecule is CC12CCC(F)(F)CC1CC(F)(F)C1C2CC(OP(=O)(O)O)C2(C)C(CCCC(=O)O)CCC12. The molecule has 11 heteroatoms. The number of rotatable bonds is 6. The number of aliphatic carboxylic acids is 1. The number of phosphoric acid groups is 1. The quantitative estimate of drug-likeness (QED) is 0.303. The van der Waals surface area contributed by atoms with Crippen LogP contribution in [-0.2, 0) is 13.9 Å². The first kappa shape index (κ1) is 26.4. The summed E-state index contributed by atoms with van der Waals surface area (Å²) >= 11 is 0. The minimum atomic E-state index is -4.95. The summed E-state index contributed by atoms with van der Waals surface area (Å²) in [7, 11) is -4.95. The lowest BCUT2D eigenvalue weighted by Gasteiger charge is -2.64. The van der Waals surface area contributed by atoms with E-state index in [-0.39, 0.29) is 31.6 Å². The molecule has 0 amide bonds. The van der Waals surface area contributed by atoms with E-state index in [4.69, 9.17) is 9.63 Å². The van der Waals surface area contributed by atoms with Crippen LogP contribution in [-0.4, -0.2) is 38.8 Å². The van der Waals surface area contributed by atoms with Gasteiger partial charge in [0.25, 0.3) is 5.92 Å². The summed E-state index contributed by atoms with van der Waals surface area (Å²) in [6.45, 7) is 3.56. The van der Waals surface area contributed by atoms with Crippen molar-refractivity contribution < 1.29 is 46.3 Å². The van der Waals surface area contributed by atoms with E-state index in [1.165, 1.54) is 0 Å². The zero-order valence-electron chi connectivity index (χ0n) is 19.6. The van der Waals surface area contributed by atoms with E-state index < -0.39 is 79.1 Å². The number of hydrogen-bond acceptors (Lipinski definition) is 3. The first-order valence-corrected chi connectivity index (χ1v) is 13.7. The Bertz CT molecular complexity index is 864. The molecule has 0 radical (unpaired) electrons. The molecule has 4 aliphatic rings. The molecule has 4 fully saturated rings. The maximum Gasteiger partial charge on any atom is 0.469 e. The minimum Gasteiger partial charge on any atom is -0.481 e. The highest BCUT2D eigenvalue weighted by atomic mass is 31.2. The van der Waals surface area contributed by atoms with Gasteiger partial charge in [-0.3, -0.25) is 9.32 Å². The number of hydrogen-bond donors (Lipinski definition) is 3. The second-order valence-corrected chi connectivity index (χ2v) is 12.9. The molecule has 4 aliphatic carbocycles. The molecule has 0 heterocycles. The van der Waals surface area contributed by atoms with Gasteiger partial charge in [0.1, 0.15) is 0 Å². The van der Waals surface area contributed by atoms with Crippen molar-refractivity contribution >= 4 is 13.8 Å². The van der Waals surface area contributed by atoms with Crippen molar-refractivity contribution in [2.75, 3.05) is 0 Å². The zero-order chi connectivity index (χ0) is 25.3. The molecule has 6 nitrogen and oxygen atoms in total. The van der Waals surface area contributed by atoms with Crippen molar-refractivity contribution in [1.82, 2.24) is 0 Å². The van der Waals surface area contributed by atoms with Crippen molar-refractivity contribution in [1.29, 1.82) is 0 Å². The van der Waals surface area contributed by atoms with Gasteiger partial charge in [0.2, 0.25) is 5.92 Å². The van der Waals surface area contributed by atoms with Crippen LogP contribution in [0.1, 0.15) is 78.1 Å². The van der Waals surface area contributed by atoms with Crippen LogP contribution in [0.15, 0.2) is 0 Å². The summed E-state index contributed by atoms with van der Waals surface area (Å²) in [4.78, 5) is 30.3. The molecular formula is C23H35F4O6P. The molecule has 0 aromatic heterocycles. The molecule has 0 aromatic rings. The van der Waals surface area contributed by atoms with Gasteiger partial charge in [0, 0.05) is 37.0 Å². The minimum absolute atomic E-state index is 0.0215. The smallest absolute Gasteiger partial charge is 0.469 e. The summed E-state index contributed by atoms with van der Waals surface area (Å²) < 4.78 is 77.2. The number of phosphoric ester groups is 1. The van der Waals surface area contributed by atoms with Crippen molar-refractivity contribution in [3.63, 3.8) is 0 Å². The molecule has 0 aliphatic heterocycles. The standard InChI is InChI=1S/C23H35F4O6P/c1-20-8-9-22(24,25)11-14(20)12-23(26,27)19-15-7-6-13(4-3-5-18(28)29)21(15,2)17(10-16(19)20)33-34(30,31)32/h13-17,19H,3-12H2,1-2H3,(H,28,29)(H2,30,31,32). The highest BCUT2D eigenvalue weighted by Gasteiger charge is 2.71. The van der Waals surface area contributed by atoms with Crippen LogP contribution < -0.4 is 0 Å². The lowest BCUT2D eigenvalue weighted by Crippen LogP contribution is -2.64. The van der Waals surface area contributed by atoms with Gasteiger partial charge in [0.05, 0.1) is 6.10 Å². The van der Waals surface area contributed by atoms with Gasteiger partial charge in [-0.1, -0.05) is 13.8 Å². The van der Waals surface area contributed by atoms with E-state index in [1.807, 2.05) is 0 Å².